The Morgan fingerprint density at radius 3 is 2.73 bits per heavy atom. The lowest BCUT2D eigenvalue weighted by molar-refractivity contribution is 0.255. The van der Waals surface area contributed by atoms with E-state index in [0.29, 0.717) is 0 Å². The fourth-order valence-corrected chi connectivity index (χ4v) is 3.60. The van der Waals surface area contributed by atoms with Gasteiger partial charge in [0.15, 0.2) is 5.96 Å². The van der Waals surface area contributed by atoms with Crippen LogP contribution < -0.4 is 5.32 Å². The molecular weight excluding hydrogens is 439 g/mol. The Kier molecular flexibility index (Phi) is 11.2. The number of aliphatic imine (C=N–C) groups is 1. The molecule has 2 rings (SSSR count). The molecule has 0 spiro atoms. The molecule has 0 aromatic carbocycles. The summed E-state index contributed by atoms with van der Waals surface area (Å²) in [6.45, 7) is 14.4. The summed E-state index contributed by atoms with van der Waals surface area (Å²) >= 11 is 0. The van der Waals surface area contributed by atoms with Crippen molar-refractivity contribution in [3.63, 3.8) is 0 Å². The van der Waals surface area contributed by atoms with E-state index in [1.54, 1.807) is 0 Å². The van der Waals surface area contributed by atoms with Gasteiger partial charge in [-0.3, -0.25) is 4.99 Å². The molecule has 1 saturated heterocycles. The molecule has 1 aromatic rings. The van der Waals surface area contributed by atoms with E-state index in [1.807, 2.05) is 13.2 Å². The Balaban J connectivity index is 0.00000338. The molecule has 0 radical (unpaired) electrons. The molecule has 2 heterocycles. The second-order valence-corrected chi connectivity index (χ2v) is 6.94. The number of guanidine groups is 1. The number of unbranched alkanes of at least 4 members (excludes halogenated alkanes) is 1. The van der Waals surface area contributed by atoms with Crippen LogP contribution in [0.4, 0.5) is 0 Å². The maximum absolute atomic E-state index is 4.49. The van der Waals surface area contributed by atoms with Gasteiger partial charge >= 0.3 is 0 Å². The number of aryl methyl sites for hydroxylation is 2. The third-order valence-corrected chi connectivity index (χ3v) is 5.24. The molecule has 1 N–H and O–H groups in total. The maximum atomic E-state index is 4.49. The van der Waals surface area contributed by atoms with Crippen molar-refractivity contribution < 1.29 is 0 Å². The van der Waals surface area contributed by atoms with Gasteiger partial charge in [-0.15, -0.1) is 24.0 Å². The fourth-order valence-electron chi connectivity index (χ4n) is 3.60. The van der Waals surface area contributed by atoms with E-state index in [0.717, 1.165) is 69.8 Å². The van der Waals surface area contributed by atoms with Crippen LogP contribution in [0.15, 0.2) is 17.4 Å². The second kappa shape index (κ2) is 12.5. The van der Waals surface area contributed by atoms with Gasteiger partial charge < -0.3 is 19.7 Å². The summed E-state index contributed by atoms with van der Waals surface area (Å²) in [5, 5.41) is 3.55. The van der Waals surface area contributed by atoms with E-state index in [9.17, 15) is 0 Å². The molecular formula is C19H37IN6. The van der Waals surface area contributed by atoms with Gasteiger partial charge in [0.1, 0.15) is 5.82 Å². The number of aromatic nitrogens is 2. The maximum Gasteiger partial charge on any atom is 0.193 e. The van der Waals surface area contributed by atoms with Crippen molar-refractivity contribution in [2.75, 3.05) is 46.3 Å². The lowest BCUT2D eigenvalue weighted by atomic mass is 10.1. The number of rotatable bonds is 9. The fraction of sp³-hybridized carbons (Fsp3) is 0.789. The van der Waals surface area contributed by atoms with E-state index in [-0.39, 0.29) is 24.0 Å². The molecule has 6 nitrogen and oxygen atoms in total. The molecule has 1 aliphatic rings. The summed E-state index contributed by atoms with van der Waals surface area (Å²) in [4.78, 5) is 13.7. The van der Waals surface area contributed by atoms with Gasteiger partial charge in [0.2, 0.25) is 0 Å². The lowest BCUT2D eigenvalue weighted by Crippen LogP contribution is -2.41. The van der Waals surface area contributed by atoms with Crippen molar-refractivity contribution in [3.8, 4) is 0 Å². The van der Waals surface area contributed by atoms with Crippen LogP contribution in [0.5, 0.6) is 0 Å². The quantitative estimate of drug-likeness (QED) is 0.258. The SMILES string of the molecule is CCN(CC)CC1CCN(C(=NC)NCCCCn2ccnc2C)C1.I. The summed E-state index contributed by atoms with van der Waals surface area (Å²) in [5.41, 5.74) is 0. The minimum atomic E-state index is 0. The number of halogens is 1. The highest BCUT2D eigenvalue weighted by Gasteiger charge is 2.25. The average Bonchev–Trinajstić information content (AvgIpc) is 3.25. The minimum Gasteiger partial charge on any atom is -0.356 e. The smallest absolute Gasteiger partial charge is 0.193 e. The van der Waals surface area contributed by atoms with E-state index in [4.69, 9.17) is 0 Å². The summed E-state index contributed by atoms with van der Waals surface area (Å²) in [7, 11) is 1.90. The Morgan fingerprint density at radius 2 is 2.12 bits per heavy atom. The first-order valence-corrected chi connectivity index (χ1v) is 9.83. The number of hydrogen-bond acceptors (Lipinski definition) is 3. The van der Waals surface area contributed by atoms with Gasteiger partial charge in [0.05, 0.1) is 0 Å². The monoisotopic (exact) mass is 476 g/mol. The van der Waals surface area contributed by atoms with Crippen molar-refractivity contribution in [2.45, 2.75) is 46.6 Å². The highest BCUT2D eigenvalue weighted by molar-refractivity contribution is 14.0. The summed E-state index contributed by atoms with van der Waals surface area (Å²) in [6, 6.07) is 0. The highest BCUT2D eigenvalue weighted by atomic mass is 127. The van der Waals surface area contributed by atoms with Gasteiger partial charge in [-0.2, -0.15) is 0 Å². The van der Waals surface area contributed by atoms with Crippen LogP contribution in [0.2, 0.25) is 0 Å². The first kappa shape index (κ1) is 23.2. The zero-order chi connectivity index (χ0) is 18.1. The standard InChI is InChI=1S/C19H36N6.HI/c1-5-23(6-2)15-18-9-13-25(16-18)19(20-4)22-10-7-8-12-24-14-11-21-17(24)3;/h11,14,18H,5-10,12-13,15-16H2,1-4H3,(H,20,22);1H. The van der Waals surface area contributed by atoms with Crippen LogP contribution in [0.25, 0.3) is 0 Å². The zero-order valence-electron chi connectivity index (χ0n) is 16.9. The van der Waals surface area contributed by atoms with E-state index in [2.05, 4.69) is 56.6 Å². The van der Waals surface area contributed by atoms with Crippen LogP contribution in [0, 0.1) is 12.8 Å². The van der Waals surface area contributed by atoms with Crippen molar-refractivity contribution in [1.82, 2.24) is 24.7 Å². The van der Waals surface area contributed by atoms with Gasteiger partial charge in [-0.25, -0.2) is 4.98 Å². The normalized spacial score (nSPS) is 17.7. The predicted octanol–water partition coefficient (Wildman–Crippen LogP) is 2.83. The number of nitrogens with zero attached hydrogens (tertiary/aromatic N) is 5. The molecule has 150 valence electrons. The summed E-state index contributed by atoms with van der Waals surface area (Å²) in [6.07, 6.45) is 7.51. The molecule has 1 atom stereocenters. The van der Waals surface area contributed by atoms with Crippen LogP contribution in [-0.4, -0.2) is 71.6 Å². The Bertz CT molecular complexity index is 526. The third-order valence-electron chi connectivity index (χ3n) is 5.24. The van der Waals surface area contributed by atoms with Crippen LogP contribution in [0.3, 0.4) is 0 Å². The average molecular weight is 476 g/mol. The Labute approximate surface area is 176 Å². The predicted molar refractivity (Wildman–Crippen MR) is 120 cm³/mol. The van der Waals surface area contributed by atoms with Crippen molar-refractivity contribution >= 4 is 29.9 Å². The molecule has 0 bridgehead atoms. The summed E-state index contributed by atoms with van der Waals surface area (Å²) in [5.74, 6) is 2.93. The van der Waals surface area contributed by atoms with Crippen LogP contribution in [-0.2, 0) is 6.54 Å². The number of nitrogens with one attached hydrogen (secondary N) is 1. The molecule has 1 aromatic heterocycles. The van der Waals surface area contributed by atoms with Crippen molar-refractivity contribution in [2.24, 2.45) is 10.9 Å². The van der Waals surface area contributed by atoms with Crippen LogP contribution >= 0.6 is 24.0 Å². The lowest BCUT2D eigenvalue weighted by Gasteiger charge is -2.24. The van der Waals surface area contributed by atoms with E-state index >= 15 is 0 Å². The first-order chi connectivity index (χ1) is 12.2. The van der Waals surface area contributed by atoms with Crippen LogP contribution in [0.1, 0.15) is 38.9 Å². The number of likely N-dealkylation sites (tertiary alicyclic amines) is 1. The topological polar surface area (TPSA) is 48.7 Å². The molecule has 1 fully saturated rings. The molecule has 1 aliphatic heterocycles. The van der Waals surface area contributed by atoms with Crippen molar-refractivity contribution in [3.05, 3.63) is 18.2 Å². The van der Waals surface area contributed by atoms with Gasteiger partial charge in [-0.05, 0) is 45.2 Å². The number of imidazole rings is 1. The first-order valence-electron chi connectivity index (χ1n) is 9.83. The molecule has 0 saturated carbocycles. The minimum absolute atomic E-state index is 0. The highest BCUT2D eigenvalue weighted by Crippen LogP contribution is 2.17. The Morgan fingerprint density at radius 1 is 1.35 bits per heavy atom. The van der Waals surface area contributed by atoms with Gasteiger partial charge in [-0.1, -0.05) is 13.8 Å². The second-order valence-electron chi connectivity index (χ2n) is 6.94. The molecule has 1 unspecified atom stereocenters. The van der Waals surface area contributed by atoms with E-state index < -0.39 is 0 Å². The van der Waals surface area contributed by atoms with Crippen molar-refractivity contribution in [1.29, 1.82) is 0 Å². The summed E-state index contributed by atoms with van der Waals surface area (Å²) < 4.78 is 2.22. The largest absolute Gasteiger partial charge is 0.356 e. The third kappa shape index (κ3) is 7.06. The number of hydrogen-bond donors (Lipinski definition) is 1. The molecule has 0 aliphatic carbocycles. The molecule has 7 heteroatoms. The van der Waals surface area contributed by atoms with Gasteiger partial charge in [0.25, 0.3) is 0 Å². The molecule has 26 heavy (non-hydrogen) atoms. The Hall–Kier alpha value is -0.830. The van der Waals surface area contributed by atoms with E-state index in [1.165, 1.54) is 13.0 Å². The van der Waals surface area contributed by atoms with Gasteiger partial charge in [0, 0.05) is 52.2 Å². The molecule has 0 amide bonds. The zero-order valence-corrected chi connectivity index (χ0v) is 19.3.